The van der Waals surface area contributed by atoms with Crippen molar-refractivity contribution in [2.45, 2.75) is 12.8 Å². The van der Waals surface area contributed by atoms with Crippen LogP contribution in [0.15, 0.2) is 66.9 Å². The molecular formula is C27H26N2O5. The lowest BCUT2D eigenvalue weighted by Gasteiger charge is -2.20. The number of methoxy groups -OCH3 is 1. The minimum Gasteiger partial charge on any atom is -0.493 e. The maximum Gasteiger partial charge on any atom is 0.251 e. The van der Waals surface area contributed by atoms with Crippen molar-refractivity contribution in [2.24, 2.45) is 0 Å². The molecule has 2 heterocycles. The van der Waals surface area contributed by atoms with Gasteiger partial charge in [0.25, 0.3) is 5.91 Å². The van der Waals surface area contributed by atoms with Gasteiger partial charge < -0.3 is 29.2 Å². The molecule has 174 valence electrons. The van der Waals surface area contributed by atoms with Crippen LogP contribution >= 0.6 is 0 Å². The summed E-state index contributed by atoms with van der Waals surface area (Å²) >= 11 is 0. The molecule has 7 nitrogen and oxygen atoms in total. The molecule has 1 aliphatic rings. The number of fused-ring (bicyclic) bond motifs is 2. The summed E-state index contributed by atoms with van der Waals surface area (Å²) in [6.45, 7) is 3.05. The maximum atomic E-state index is 13.0. The molecule has 5 rings (SSSR count). The lowest BCUT2D eigenvalue weighted by Crippen LogP contribution is -2.29. The van der Waals surface area contributed by atoms with Crippen LogP contribution in [0.25, 0.3) is 10.9 Å². The van der Waals surface area contributed by atoms with Gasteiger partial charge >= 0.3 is 0 Å². The van der Waals surface area contributed by atoms with Crippen LogP contribution in [0, 0.1) is 0 Å². The third kappa shape index (κ3) is 4.12. The molecule has 0 saturated heterocycles. The van der Waals surface area contributed by atoms with Crippen molar-refractivity contribution in [3.05, 3.63) is 83.6 Å². The van der Waals surface area contributed by atoms with Crippen molar-refractivity contribution in [3.8, 4) is 23.0 Å². The molecule has 7 heteroatoms. The van der Waals surface area contributed by atoms with Gasteiger partial charge in [-0.2, -0.15) is 0 Å². The summed E-state index contributed by atoms with van der Waals surface area (Å²) in [5.74, 6) is 2.29. The Morgan fingerprint density at radius 3 is 2.76 bits per heavy atom. The topological polar surface area (TPSA) is 81.8 Å². The number of carbonyl (C=O) groups is 1. The van der Waals surface area contributed by atoms with Crippen LogP contribution in [0.5, 0.6) is 23.0 Å². The van der Waals surface area contributed by atoms with E-state index in [4.69, 9.17) is 18.9 Å². The van der Waals surface area contributed by atoms with Gasteiger partial charge in [-0.1, -0.05) is 24.3 Å². The highest BCUT2D eigenvalue weighted by atomic mass is 16.7. The molecule has 1 aliphatic heterocycles. The Morgan fingerprint density at radius 2 is 1.91 bits per heavy atom. The van der Waals surface area contributed by atoms with E-state index in [2.05, 4.69) is 16.4 Å². The number of para-hydroxylation sites is 1. The molecule has 0 spiro atoms. The molecule has 1 aromatic heterocycles. The van der Waals surface area contributed by atoms with Gasteiger partial charge in [0.15, 0.2) is 23.0 Å². The first kappa shape index (κ1) is 21.7. The smallest absolute Gasteiger partial charge is 0.251 e. The van der Waals surface area contributed by atoms with Gasteiger partial charge in [0.05, 0.1) is 13.7 Å². The minimum atomic E-state index is -0.180. The summed E-state index contributed by atoms with van der Waals surface area (Å²) in [7, 11) is 1.63. The molecule has 0 aliphatic carbocycles. The van der Waals surface area contributed by atoms with Gasteiger partial charge in [-0.3, -0.25) is 4.79 Å². The van der Waals surface area contributed by atoms with Gasteiger partial charge in [-0.25, -0.2) is 0 Å². The fourth-order valence-corrected chi connectivity index (χ4v) is 4.30. The number of aromatic nitrogens is 1. The van der Waals surface area contributed by atoms with Crippen LogP contribution in [-0.2, 0) is 0 Å². The van der Waals surface area contributed by atoms with E-state index in [1.807, 2.05) is 49.5 Å². The van der Waals surface area contributed by atoms with Crippen LogP contribution in [0.2, 0.25) is 0 Å². The van der Waals surface area contributed by atoms with E-state index in [1.165, 1.54) is 0 Å². The fourth-order valence-electron chi connectivity index (χ4n) is 4.30. The average molecular weight is 459 g/mol. The Balaban J connectivity index is 1.47. The number of hydrogen-bond donors (Lipinski definition) is 2. The third-order valence-corrected chi connectivity index (χ3v) is 5.99. The van der Waals surface area contributed by atoms with Gasteiger partial charge in [0, 0.05) is 35.1 Å². The van der Waals surface area contributed by atoms with Crippen molar-refractivity contribution >= 4 is 16.8 Å². The maximum absolute atomic E-state index is 13.0. The summed E-state index contributed by atoms with van der Waals surface area (Å²) in [6.07, 6.45) is 2.00. The summed E-state index contributed by atoms with van der Waals surface area (Å²) in [4.78, 5) is 16.4. The average Bonchev–Trinajstić information content (AvgIpc) is 3.52. The van der Waals surface area contributed by atoms with Crippen LogP contribution in [-0.4, -0.2) is 37.9 Å². The number of ether oxygens (including phenoxy) is 4. The Hall–Kier alpha value is -4.13. The second-order valence-corrected chi connectivity index (χ2v) is 7.96. The van der Waals surface area contributed by atoms with Crippen molar-refractivity contribution in [1.29, 1.82) is 0 Å². The summed E-state index contributed by atoms with van der Waals surface area (Å²) in [6, 6.07) is 19.3. The normalized spacial score (nSPS) is 13.0. The number of carbonyl (C=O) groups excluding carboxylic acids is 1. The highest BCUT2D eigenvalue weighted by Crippen LogP contribution is 2.36. The number of hydrogen-bond acceptors (Lipinski definition) is 5. The molecule has 1 amide bonds. The molecule has 3 aromatic carbocycles. The number of nitrogens with one attached hydrogen (secondary N) is 2. The molecule has 34 heavy (non-hydrogen) atoms. The van der Waals surface area contributed by atoms with E-state index in [0.29, 0.717) is 41.7 Å². The molecule has 0 radical (unpaired) electrons. The summed E-state index contributed by atoms with van der Waals surface area (Å²) < 4.78 is 22.0. The molecule has 2 N–H and O–H groups in total. The summed E-state index contributed by atoms with van der Waals surface area (Å²) in [5, 5.41) is 4.21. The second kappa shape index (κ2) is 9.39. The molecular weight excluding hydrogens is 432 g/mol. The number of benzene rings is 3. The Labute approximate surface area is 197 Å². The zero-order valence-electron chi connectivity index (χ0n) is 19.1. The number of aromatic amines is 1. The quantitative estimate of drug-likeness (QED) is 0.394. The second-order valence-electron chi connectivity index (χ2n) is 7.96. The van der Waals surface area contributed by atoms with E-state index in [9.17, 15) is 4.79 Å². The highest BCUT2D eigenvalue weighted by molar-refractivity contribution is 5.95. The number of amides is 1. The Morgan fingerprint density at radius 1 is 1.06 bits per heavy atom. The van der Waals surface area contributed by atoms with Gasteiger partial charge in [0.1, 0.15) is 0 Å². The first-order chi connectivity index (χ1) is 16.7. The predicted octanol–water partition coefficient (Wildman–Crippen LogP) is 4.87. The molecule has 0 saturated carbocycles. The first-order valence-electron chi connectivity index (χ1n) is 11.2. The van der Waals surface area contributed by atoms with Crippen LogP contribution in [0.3, 0.4) is 0 Å². The van der Waals surface area contributed by atoms with Crippen molar-refractivity contribution in [1.82, 2.24) is 10.3 Å². The van der Waals surface area contributed by atoms with E-state index in [1.54, 1.807) is 25.3 Å². The number of rotatable bonds is 8. The highest BCUT2D eigenvalue weighted by Gasteiger charge is 2.22. The van der Waals surface area contributed by atoms with Gasteiger partial charge in [0.2, 0.25) is 6.79 Å². The number of H-pyrrole nitrogens is 1. The Bertz CT molecular complexity index is 1330. The van der Waals surface area contributed by atoms with Crippen LogP contribution in [0.4, 0.5) is 0 Å². The molecule has 1 atom stereocenters. The van der Waals surface area contributed by atoms with E-state index < -0.39 is 0 Å². The third-order valence-electron chi connectivity index (χ3n) is 5.99. The molecule has 0 fully saturated rings. The minimum absolute atomic E-state index is 0.112. The summed E-state index contributed by atoms with van der Waals surface area (Å²) in [5.41, 5.74) is 3.66. The monoisotopic (exact) mass is 458 g/mol. The van der Waals surface area contributed by atoms with E-state index >= 15 is 0 Å². The van der Waals surface area contributed by atoms with Crippen LogP contribution in [0.1, 0.15) is 34.3 Å². The van der Waals surface area contributed by atoms with E-state index in [0.717, 1.165) is 22.0 Å². The van der Waals surface area contributed by atoms with Gasteiger partial charge in [-0.05, 0) is 54.4 Å². The SMILES string of the molecule is CCOc1ccc(C(CNC(=O)c2ccc3c(c2)OCO3)c2c[nH]c3ccccc23)cc1OC. The fraction of sp³-hybridized carbons (Fsp3) is 0.222. The first-order valence-corrected chi connectivity index (χ1v) is 11.2. The zero-order chi connectivity index (χ0) is 23.5. The molecule has 1 unspecified atom stereocenters. The lowest BCUT2D eigenvalue weighted by molar-refractivity contribution is 0.0952. The van der Waals surface area contributed by atoms with E-state index in [-0.39, 0.29) is 18.6 Å². The molecule has 4 aromatic rings. The predicted molar refractivity (Wildman–Crippen MR) is 129 cm³/mol. The zero-order valence-corrected chi connectivity index (χ0v) is 19.1. The lowest BCUT2D eigenvalue weighted by atomic mass is 9.90. The standard InChI is InChI=1S/C27H26N2O5/c1-3-32-23-10-8-17(12-25(23)31-2)20(21-15-28-22-7-5-4-6-19(21)22)14-29-27(30)18-9-11-24-26(13-18)34-16-33-24/h4-13,15,20,28H,3,14,16H2,1-2H3,(H,29,30). The Kier molecular flexibility index (Phi) is 5.99. The van der Waals surface area contributed by atoms with Crippen molar-refractivity contribution in [2.75, 3.05) is 27.1 Å². The van der Waals surface area contributed by atoms with Gasteiger partial charge in [-0.15, -0.1) is 0 Å². The van der Waals surface area contributed by atoms with Crippen LogP contribution < -0.4 is 24.3 Å². The largest absolute Gasteiger partial charge is 0.493 e. The van der Waals surface area contributed by atoms with Crippen molar-refractivity contribution in [3.63, 3.8) is 0 Å². The van der Waals surface area contributed by atoms with Crippen molar-refractivity contribution < 1.29 is 23.7 Å². The molecule has 0 bridgehead atoms.